The highest BCUT2D eigenvalue weighted by atomic mass is 16.5. The second-order valence-corrected chi connectivity index (χ2v) is 6.14. The van der Waals surface area contributed by atoms with Crippen LogP contribution in [0.2, 0.25) is 0 Å². The monoisotopic (exact) mass is 363 g/mol. The van der Waals surface area contributed by atoms with E-state index in [0.717, 1.165) is 38.3 Å². The van der Waals surface area contributed by atoms with E-state index < -0.39 is 0 Å². The van der Waals surface area contributed by atoms with Crippen molar-refractivity contribution in [2.24, 2.45) is 0 Å². The van der Waals surface area contributed by atoms with E-state index in [4.69, 9.17) is 14.2 Å². The van der Waals surface area contributed by atoms with Crippen molar-refractivity contribution in [2.45, 2.75) is 6.54 Å². The second kappa shape index (κ2) is 10.0. The summed E-state index contributed by atoms with van der Waals surface area (Å²) in [5, 5.41) is 2.81. The molecule has 7 nitrogen and oxygen atoms in total. The van der Waals surface area contributed by atoms with Gasteiger partial charge in [0.05, 0.1) is 27.9 Å². The molecule has 0 saturated carbocycles. The van der Waals surface area contributed by atoms with Crippen LogP contribution in [-0.2, 0) is 11.3 Å². The van der Waals surface area contributed by atoms with Crippen molar-refractivity contribution in [3.05, 3.63) is 30.4 Å². The molecule has 0 aliphatic carbocycles. The first-order valence-corrected chi connectivity index (χ1v) is 8.73. The first kappa shape index (κ1) is 20.1. The first-order valence-electron chi connectivity index (χ1n) is 8.73. The molecule has 1 heterocycles. The standard InChI is InChI=1S/C19H29N3O4/c1-5-8-20-17(23)14-22-11-9-21(10-12-22)13-15-6-7-16(24-2)19(26-4)18(15)25-3/h5-7H,1,8-14H2,2-4H3,(H,20,23). The van der Waals surface area contributed by atoms with Gasteiger partial charge >= 0.3 is 0 Å². The number of hydrogen-bond donors (Lipinski definition) is 1. The molecule has 1 aliphatic rings. The van der Waals surface area contributed by atoms with Gasteiger partial charge in [-0.1, -0.05) is 12.1 Å². The average Bonchev–Trinajstić information content (AvgIpc) is 2.67. The van der Waals surface area contributed by atoms with Gasteiger partial charge in [-0.25, -0.2) is 0 Å². The molecule has 1 N–H and O–H groups in total. The molecule has 1 aromatic rings. The van der Waals surface area contributed by atoms with Gasteiger partial charge in [-0.05, 0) is 6.07 Å². The third-order valence-corrected chi connectivity index (χ3v) is 4.46. The zero-order valence-corrected chi connectivity index (χ0v) is 15.9. The molecule has 7 heteroatoms. The lowest BCUT2D eigenvalue weighted by Crippen LogP contribution is -2.49. The molecule has 0 aromatic heterocycles. The number of ether oxygens (including phenoxy) is 3. The van der Waals surface area contributed by atoms with Crippen molar-refractivity contribution >= 4 is 5.91 Å². The summed E-state index contributed by atoms with van der Waals surface area (Å²) < 4.78 is 16.3. The number of methoxy groups -OCH3 is 3. The van der Waals surface area contributed by atoms with Gasteiger partial charge in [0.1, 0.15) is 0 Å². The minimum atomic E-state index is 0.0416. The number of nitrogens with one attached hydrogen (secondary N) is 1. The highest BCUT2D eigenvalue weighted by molar-refractivity contribution is 5.78. The molecule has 1 fully saturated rings. The van der Waals surface area contributed by atoms with Crippen LogP contribution in [0.3, 0.4) is 0 Å². The number of piperazine rings is 1. The first-order chi connectivity index (χ1) is 12.6. The lowest BCUT2D eigenvalue weighted by Gasteiger charge is -2.34. The van der Waals surface area contributed by atoms with Crippen molar-refractivity contribution in [3.8, 4) is 17.2 Å². The summed E-state index contributed by atoms with van der Waals surface area (Å²) in [7, 11) is 4.86. The Morgan fingerprint density at radius 2 is 1.73 bits per heavy atom. The summed E-state index contributed by atoms with van der Waals surface area (Å²) in [5.41, 5.74) is 1.06. The molecule has 1 saturated heterocycles. The minimum Gasteiger partial charge on any atom is -0.493 e. The van der Waals surface area contributed by atoms with E-state index in [0.29, 0.717) is 30.3 Å². The van der Waals surface area contributed by atoms with E-state index in [9.17, 15) is 4.79 Å². The fourth-order valence-corrected chi connectivity index (χ4v) is 3.08. The molecular formula is C19H29N3O4. The maximum Gasteiger partial charge on any atom is 0.234 e. The van der Waals surface area contributed by atoms with Gasteiger partial charge in [0.2, 0.25) is 11.7 Å². The number of carbonyl (C=O) groups is 1. The average molecular weight is 363 g/mol. The number of carbonyl (C=O) groups excluding carboxylic acids is 1. The molecule has 2 rings (SSSR count). The quantitative estimate of drug-likeness (QED) is 0.664. The van der Waals surface area contributed by atoms with Gasteiger partial charge in [0, 0.05) is 44.8 Å². The van der Waals surface area contributed by atoms with Crippen LogP contribution in [0.15, 0.2) is 24.8 Å². The SMILES string of the molecule is C=CCNC(=O)CN1CCN(Cc2ccc(OC)c(OC)c2OC)CC1. The van der Waals surface area contributed by atoms with Crippen LogP contribution in [0.5, 0.6) is 17.2 Å². The maximum absolute atomic E-state index is 11.8. The fourth-order valence-electron chi connectivity index (χ4n) is 3.08. The number of hydrogen-bond acceptors (Lipinski definition) is 6. The van der Waals surface area contributed by atoms with E-state index in [2.05, 4.69) is 21.7 Å². The largest absolute Gasteiger partial charge is 0.493 e. The molecule has 1 amide bonds. The summed E-state index contributed by atoms with van der Waals surface area (Å²) in [6.07, 6.45) is 1.69. The number of rotatable bonds is 9. The van der Waals surface area contributed by atoms with Gasteiger partial charge in [-0.3, -0.25) is 14.6 Å². The Hall–Kier alpha value is -2.25. The Labute approximate surface area is 155 Å². The predicted octanol–water partition coefficient (Wildman–Crippen LogP) is 1.13. The molecule has 26 heavy (non-hydrogen) atoms. The normalized spacial score (nSPS) is 15.3. The molecule has 0 spiro atoms. The summed E-state index contributed by atoms with van der Waals surface area (Å²) in [5.74, 6) is 2.02. The van der Waals surface area contributed by atoms with E-state index >= 15 is 0 Å². The molecule has 1 aliphatic heterocycles. The predicted molar refractivity (Wildman–Crippen MR) is 101 cm³/mol. The van der Waals surface area contributed by atoms with Crippen LogP contribution in [-0.4, -0.2) is 76.3 Å². The second-order valence-electron chi connectivity index (χ2n) is 6.14. The number of amides is 1. The lowest BCUT2D eigenvalue weighted by atomic mass is 10.1. The van der Waals surface area contributed by atoms with E-state index in [1.807, 2.05) is 12.1 Å². The Morgan fingerprint density at radius 3 is 2.31 bits per heavy atom. The lowest BCUT2D eigenvalue weighted by molar-refractivity contribution is -0.122. The van der Waals surface area contributed by atoms with Gasteiger partial charge in [0.25, 0.3) is 0 Å². The number of nitrogens with zero attached hydrogens (tertiary/aromatic N) is 2. The molecule has 0 unspecified atom stereocenters. The summed E-state index contributed by atoms with van der Waals surface area (Å²) >= 11 is 0. The van der Waals surface area contributed by atoms with Gasteiger partial charge in [-0.15, -0.1) is 6.58 Å². The van der Waals surface area contributed by atoms with Crippen LogP contribution >= 0.6 is 0 Å². The van der Waals surface area contributed by atoms with Crippen LogP contribution in [0.4, 0.5) is 0 Å². The highest BCUT2D eigenvalue weighted by Crippen LogP contribution is 2.40. The third kappa shape index (κ3) is 5.12. The molecule has 144 valence electrons. The number of benzene rings is 1. The summed E-state index contributed by atoms with van der Waals surface area (Å²) in [4.78, 5) is 16.3. The third-order valence-electron chi connectivity index (χ3n) is 4.46. The van der Waals surface area contributed by atoms with Gasteiger partial charge < -0.3 is 19.5 Å². The van der Waals surface area contributed by atoms with Gasteiger partial charge in [0.15, 0.2) is 11.5 Å². The van der Waals surface area contributed by atoms with Crippen molar-refractivity contribution < 1.29 is 19.0 Å². The van der Waals surface area contributed by atoms with Crippen molar-refractivity contribution in [2.75, 3.05) is 60.6 Å². The molecule has 1 aromatic carbocycles. The van der Waals surface area contributed by atoms with E-state index in [1.54, 1.807) is 27.4 Å². The Morgan fingerprint density at radius 1 is 1.08 bits per heavy atom. The molecular weight excluding hydrogens is 334 g/mol. The van der Waals surface area contributed by atoms with Crippen molar-refractivity contribution in [1.82, 2.24) is 15.1 Å². The summed E-state index contributed by atoms with van der Waals surface area (Å²) in [6, 6.07) is 3.91. The smallest absolute Gasteiger partial charge is 0.234 e. The molecule has 0 radical (unpaired) electrons. The summed E-state index contributed by atoms with van der Waals surface area (Å²) in [6.45, 7) is 8.82. The van der Waals surface area contributed by atoms with Gasteiger partial charge in [-0.2, -0.15) is 0 Å². The maximum atomic E-state index is 11.8. The van der Waals surface area contributed by atoms with Crippen LogP contribution in [0.25, 0.3) is 0 Å². The van der Waals surface area contributed by atoms with Crippen molar-refractivity contribution in [3.63, 3.8) is 0 Å². The minimum absolute atomic E-state index is 0.0416. The van der Waals surface area contributed by atoms with Crippen LogP contribution < -0.4 is 19.5 Å². The Kier molecular flexibility index (Phi) is 7.74. The molecule has 0 atom stereocenters. The molecule has 0 bridgehead atoms. The van der Waals surface area contributed by atoms with Crippen molar-refractivity contribution in [1.29, 1.82) is 0 Å². The van der Waals surface area contributed by atoms with E-state index in [1.165, 1.54) is 0 Å². The Balaban J connectivity index is 1.93. The van der Waals surface area contributed by atoms with Crippen LogP contribution in [0, 0.1) is 0 Å². The Bertz CT molecular complexity index is 613. The zero-order valence-electron chi connectivity index (χ0n) is 15.9. The highest BCUT2D eigenvalue weighted by Gasteiger charge is 2.22. The zero-order chi connectivity index (χ0) is 18.9. The van der Waals surface area contributed by atoms with E-state index in [-0.39, 0.29) is 5.91 Å². The topological polar surface area (TPSA) is 63.3 Å². The fraction of sp³-hybridized carbons (Fsp3) is 0.526. The van der Waals surface area contributed by atoms with Crippen LogP contribution in [0.1, 0.15) is 5.56 Å².